The summed E-state index contributed by atoms with van der Waals surface area (Å²) in [6.07, 6.45) is 0. The lowest BCUT2D eigenvalue weighted by Gasteiger charge is -2.32. The van der Waals surface area contributed by atoms with Crippen LogP contribution < -0.4 is 23.4 Å². The van der Waals surface area contributed by atoms with Crippen molar-refractivity contribution in [3.8, 4) is 17.2 Å². The highest BCUT2D eigenvalue weighted by atomic mass is 35.5. The Balaban J connectivity index is 2.06. The number of carbonyl (C=O) groups is 1. The number of carbonyl (C=O) groups excluding carboxylic acids is 1. The normalized spacial score (nSPS) is 14.6. The molecule has 180 valence electrons. The molecule has 1 saturated heterocycles. The quantitative estimate of drug-likeness (QED) is 0.582. The Bertz CT molecular complexity index is 1100. The number of quaternary nitrogens is 1. The van der Waals surface area contributed by atoms with Crippen molar-refractivity contribution in [2.24, 2.45) is 0 Å². The summed E-state index contributed by atoms with van der Waals surface area (Å²) in [4.78, 5) is 16.1. The Kier molecular flexibility index (Phi) is 7.93. The molecule has 11 heteroatoms. The van der Waals surface area contributed by atoms with Gasteiger partial charge in [-0.25, -0.2) is 8.42 Å². The summed E-state index contributed by atoms with van der Waals surface area (Å²) in [7, 11) is 2.18. The van der Waals surface area contributed by atoms with Gasteiger partial charge >= 0.3 is 0 Å². The molecule has 0 aromatic heterocycles. The molecule has 1 aliphatic heterocycles. The highest BCUT2D eigenvalue weighted by molar-refractivity contribution is 7.92. The van der Waals surface area contributed by atoms with Crippen molar-refractivity contribution in [1.82, 2.24) is 4.90 Å². The van der Waals surface area contributed by atoms with E-state index in [1.54, 1.807) is 17.0 Å². The van der Waals surface area contributed by atoms with Crippen molar-refractivity contribution in [2.75, 3.05) is 65.4 Å². The first-order valence-electron chi connectivity index (χ1n) is 10.4. The molecule has 1 heterocycles. The molecule has 9 nitrogen and oxygen atoms in total. The van der Waals surface area contributed by atoms with Crippen molar-refractivity contribution in [3.05, 3.63) is 41.4 Å². The standard InChI is InChI=1S/C22H28ClN3O6S/c1-24-9-11-25(12-10-24)22(27)15-26(18-13-16(23)5-7-19(18)30-2)33(28,29)17-6-8-20(31-3)21(14-17)32-4/h5-8,13-14H,9-12,15H2,1-4H3/p+1. The third-order valence-electron chi connectivity index (χ3n) is 5.60. The van der Waals surface area contributed by atoms with Gasteiger partial charge in [0.25, 0.3) is 10.0 Å². The number of benzene rings is 2. The van der Waals surface area contributed by atoms with Crippen LogP contribution in [0, 0.1) is 0 Å². The van der Waals surface area contributed by atoms with Crippen molar-refractivity contribution in [1.29, 1.82) is 0 Å². The molecule has 1 N–H and O–H groups in total. The minimum atomic E-state index is -4.20. The lowest BCUT2D eigenvalue weighted by molar-refractivity contribution is -0.883. The van der Waals surface area contributed by atoms with Crippen LogP contribution in [0.15, 0.2) is 41.3 Å². The van der Waals surface area contributed by atoms with Crippen LogP contribution >= 0.6 is 11.6 Å². The van der Waals surface area contributed by atoms with Gasteiger partial charge in [-0.05, 0) is 30.3 Å². The number of likely N-dealkylation sites (N-methyl/N-ethyl adjacent to an activating group) is 1. The highest BCUT2D eigenvalue weighted by Gasteiger charge is 2.33. The highest BCUT2D eigenvalue weighted by Crippen LogP contribution is 2.37. The Morgan fingerprint density at radius 2 is 1.61 bits per heavy atom. The van der Waals surface area contributed by atoms with E-state index in [1.807, 2.05) is 0 Å². The predicted molar refractivity (Wildman–Crippen MR) is 125 cm³/mol. The maximum Gasteiger partial charge on any atom is 0.265 e. The summed E-state index contributed by atoms with van der Waals surface area (Å²) in [5, 5.41) is 0.314. The van der Waals surface area contributed by atoms with Gasteiger partial charge in [-0.3, -0.25) is 9.10 Å². The SMILES string of the molecule is COc1ccc(S(=O)(=O)N(CC(=O)N2CC[NH+](C)CC2)c2cc(Cl)ccc2OC)cc1OC. The largest absolute Gasteiger partial charge is 0.495 e. The molecule has 2 aromatic carbocycles. The molecule has 0 aliphatic carbocycles. The molecule has 0 unspecified atom stereocenters. The fourth-order valence-electron chi connectivity index (χ4n) is 3.62. The second-order valence-corrected chi connectivity index (χ2v) is 9.98. The second-order valence-electron chi connectivity index (χ2n) is 7.68. The number of hydrogen-bond donors (Lipinski definition) is 1. The maximum atomic E-state index is 13.8. The monoisotopic (exact) mass is 498 g/mol. The number of amides is 1. The molecule has 33 heavy (non-hydrogen) atoms. The van der Waals surface area contributed by atoms with Gasteiger partial charge in [0, 0.05) is 11.1 Å². The zero-order valence-electron chi connectivity index (χ0n) is 19.1. The lowest BCUT2D eigenvalue weighted by Crippen LogP contribution is -3.12. The van der Waals surface area contributed by atoms with Gasteiger partial charge < -0.3 is 24.0 Å². The molecule has 0 spiro atoms. The maximum absolute atomic E-state index is 13.8. The second kappa shape index (κ2) is 10.5. The lowest BCUT2D eigenvalue weighted by atomic mass is 10.2. The van der Waals surface area contributed by atoms with Crippen molar-refractivity contribution in [2.45, 2.75) is 4.90 Å². The molecule has 0 saturated carbocycles. The van der Waals surface area contributed by atoms with Gasteiger partial charge in [0.2, 0.25) is 5.91 Å². The molecule has 0 radical (unpaired) electrons. The number of hydrogen-bond acceptors (Lipinski definition) is 6. The molecule has 0 bridgehead atoms. The number of methoxy groups -OCH3 is 3. The number of piperazine rings is 1. The number of nitrogens with zero attached hydrogens (tertiary/aromatic N) is 2. The minimum Gasteiger partial charge on any atom is -0.495 e. The van der Waals surface area contributed by atoms with Crippen LogP contribution in [-0.2, 0) is 14.8 Å². The molecule has 2 aromatic rings. The van der Waals surface area contributed by atoms with E-state index < -0.39 is 16.6 Å². The average molecular weight is 499 g/mol. The Labute approximate surface area is 199 Å². The molecular weight excluding hydrogens is 470 g/mol. The number of halogens is 1. The summed E-state index contributed by atoms with van der Waals surface area (Å²) in [6, 6.07) is 8.91. The smallest absolute Gasteiger partial charge is 0.265 e. The van der Waals surface area contributed by atoms with E-state index in [2.05, 4.69) is 7.05 Å². The first-order chi connectivity index (χ1) is 15.7. The first-order valence-corrected chi connectivity index (χ1v) is 12.2. The number of rotatable bonds is 8. The van der Waals surface area contributed by atoms with E-state index >= 15 is 0 Å². The molecule has 1 fully saturated rings. The number of nitrogens with one attached hydrogen (secondary N) is 1. The van der Waals surface area contributed by atoms with Crippen LogP contribution in [0.4, 0.5) is 5.69 Å². The van der Waals surface area contributed by atoms with Gasteiger partial charge in [-0.1, -0.05) is 11.6 Å². The summed E-state index contributed by atoms with van der Waals surface area (Å²) < 4.78 is 44.5. The number of ether oxygens (including phenoxy) is 3. The average Bonchev–Trinajstić information content (AvgIpc) is 2.82. The van der Waals surface area contributed by atoms with E-state index in [9.17, 15) is 13.2 Å². The van der Waals surface area contributed by atoms with E-state index in [4.69, 9.17) is 25.8 Å². The molecule has 1 amide bonds. The van der Waals surface area contributed by atoms with Crippen LogP contribution in [0.25, 0.3) is 0 Å². The third-order valence-corrected chi connectivity index (χ3v) is 7.59. The van der Waals surface area contributed by atoms with Crippen LogP contribution in [0.5, 0.6) is 17.2 Å². The summed E-state index contributed by atoms with van der Waals surface area (Å²) in [5.74, 6) is 0.622. The van der Waals surface area contributed by atoms with E-state index in [0.717, 1.165) is 17.4 Å². The van der Waals surface area contributed by atoms with E-state index in [1.165, 1.54) is 50.5 Å². The van der Waals surface area contributed by atoms with E-state index in [-0.39, 0.29) is 28.0 Å². The number of sulfonamides is 1. The molecular formula is C22H29ClN3O6S+. The number of anilines is 1. The summed E-state index contributed by atoms with van der Waals surface area (Å²) in [5.41, 5.74) is 0.174. The third kappa shape index (κ3) is 5.45. The fourth-order valence-corrected chi connectivity index (χ4v) is 5.22. The van der Waals surface area contributed by atoms with Crippen molar-refractivity contribution < 1.29 is 32.3 Å². The summed E-state index contributed by atoms with van der Waals surface area (Å²) >= 11 is 6.19. The van der Waals surface area contributed by atoms with Crippen LogP contribution in [0.2, 0.25) is 5.02 Å². The van der Waals surface area contributed by atoms with Gasteiger partial charge in [-0.15, -0.1) is 0 Å². The van der Waals surface area contributed by atoms with Gasteiger partial charge in [0.05, 0.1) is 65.1 Å². The van der Waals surface area contributed by atoms with Crippen LogP contribution in [0.3, 0.4) is 0 Å². The van der Waals surface area contributed by atoms with Gasteiger partial charge in [0.15, 0.2) is 11.5 Å². The topological polar surface area (TPSA) is 89.8 Å². The van der Waals surface area contributed by atoms with E-state index in [0.29, 0.717) is 23.9 Å². The van der Waals surface area contributed by atoms with Crippen molar-refractivity contribution >= 4 is 33.2 Å². The zero-order valence-corrected chi connectivity index (χ0v) is 20.7. The Morgan fingerprint density at radius 3 is 2.21 bits per heavy atom. The Morgan fingerprint density at radius 1 is 1.00 bits per heavy atom. The minimum absolute atomic E-state index is 0.0576. The Hall–Kier alpha value is -2.69. The molecule has 1 aliphatic rings. The van der Waals surface area contributed by atoms with Gasteiger partial charge in [-0.2, -0.15) is 0 Å². The van der Waals surface area contributed by atoms with Crippen molar-refractivity contribution in [3.63, 3.8) is 0 Å². The first kappa shape index (κ1) is 24.9. The fraction of sp³-hybridized carbons (Fsp3) is 0.409. The van der Waals surface area contributed by atoms with Crippen LogP contribution in [-0.4, -0.2) is 80.3 Å². The molecule has 3 rings (SSSR count). The summed E-state index contributed by atoms with van der Waals surface area (Å²) in [6.45, 7) is 2.32. The molecule has 0 atom stereocenters. The predicted octanol–water partition coefficient (Wildman–Crippen LogP) is 0.918. The van der Waals surface area contributed by atoms with Gasteiger partial charge in [0.1, 0.15) is 12.3 Å². The zero-order chi connectivity index (χ0) is 24.2. The van der Waals surface area contributed by atoms with Crippen LogP contribution in [0.1, 0.15) is 0 Å².